The lowest BCUT2D eigenvalue weighted by Crippen LogP contribution is -2.45. The first-order chi connectivity index (χ1) is 10.5. The van der Waals surface area contributed by atoms with E-state index in [1.54, 1.807) is 18.2 Å². The van der Waals surface area contributed by atoms with Crippen molar-refractivity contribution in [3.05, 3.63) is 35.3 Å². The summed E-state index contributed by atoms with van der Waals surface area (Å²) in [5.74, 6) is 0. The Morgan fingerprint density at radius 1 is 1.41 bits per heavy atom. The number of nitrogens with zero attached hydrogens (tertiary/aromatic N) is 2. The summed E-state index contributed by atoms with van der Waals surface area (Å²) in [5.41, 5.74) is 7.68. The molecule has 3 rings (SSSR count). The molecule has 1 aromatic carbocycles. The van der Waals surface area contributed by atoms with E-state index in [-0.39, 0.29) is 6.04 Å². The second-order valence-electron chi connectivity index (χ2n) is 5.59. The highest BCUT2D eigenvalue weighted by Crippen LogP contribution is 2.27. The maximum atomic E-state index is 12.8. The van der Waals surface area contributed by atoms with E-state index in [1.807, 2.05) is 18.4 Å². The van der Waals surface area contributed by atoms with Crippen molar-refractivity contribution in [1.82, 2.24) is 9.29 Å². The monoisotopic (exact) mass is 337 g/mol. The van der Waals surface area contributed by atoms with Crippen LogP contribution >= 0.6 is 11.3 Å². The van der Waals surface area contributed by atoms with Gasteiger partial charge in [-0.1, -0.05) is 12.1 Å². The number of rotatable bonds is 3. The molecule has 1 fully saturated rings. The topological polar surface area (TPSA) is 76.3 Å². The SMILES string of the molecule is Cc1csc(-c2cccc(S(=O)(=O)N3CCCC(N)C3)c2)n1. The van der Waals surface area contributed by atoms with E-state index < -0.39 is 10.0 Å². The second kappa shape index (κ2) is 6.08. The van der Waals surface area contributed by atoms with E-state index in [2.05, 4.69) is 4.98 Å². The molecule has 0 bridgehead atoms. The van der Waals surface area contributed by atoms with E-state index in [9.17, 15) is 8.42 Å². The molecule has 1 atom stereocenters. The molecule has 1 saturated heterocycles. The van der Waals surface area contributed by atoms with Crippen LogP contribution in [0, 0.1) is 6.92 Å². The Morgan fingerprint density at radius 3 is 2.91 bits per heavy atom. The van der Waals surface area contributed by atoms with Crippen LogP contribution in [0.3, 0.4) is 0 Å². The third-order valence-electron chi connectivity index (χ3n) is 3.76. The minimum Gasteiger partial charge on any atom is -0.327 e. The molecule has 0 amide bonds. The molecule has 2 heterocycles. The van der Waals surface area contributed by atoms with E-state index in [0.29, 0.717) is 18.0 Å². The highest BCUT2D eigenvalue weighted by atomic mass is 32.2. The van der Waals surface area contributed by atoms with Crippen LogP contribution < -0.4 is 5.73 Å². The zero-order chi connectivity index (χ0) is 15.7. The fourth-order valence-corrected chi connectivity index (χ4v) is 4.99. The first-order valence-electron chi connectivity index (χ1n) is 7.25. The van der Waals surface area contributed by atoms with Crippen molar-refractivity contribution in [2.24, 2.45) is 5.73 Å². The van der Waals surface area contributed by atoms with Crippen molar-refractivity contribution in [2.45, 2.75) is 30.7 Å². The van der Waals surface area contributed by atoms with Crippen molar-refractivity contribution >= 4 is 21.4 Å². The number of benzene rings is 1. The number of thiazole rings is 1. The van der Waals surface area contributed by atoms with Crippen LogP contribution in [0.4, 0.5) is 0 Å². The highest BCUT2D eigenvalue weighted by Gasteiger charge is 2.29. The molecule has 5 nitrogen and oxygen atoms in total. The van der Waals surface area contributed by atoms with Gasteiger partial charge in [-0.15, -0.1) is 11.3 Å². The molecule has 22 heavy (non-hydrogen) atoms. The molecule has 2 aromatic rings. The van der Waals surface area contributed by atoms with Crippen LogP contribution in [0.25, 0.3) is 10.6 Å². The van der Waals surface area contributed by atoms with E-state index in [4.69, 9.17) is 5.73 Å². The molecule has 1 unspecified atom stereocenters. The summed E-state index contributed by atoms with van der Waals surface area (Å²) in [5, 5.41) is 2.80. The van der Waals surface area contributed by atoms with Gasteiger partial charge in [0.05, 0.1) is 4.90 Å². The van der Waals surface area contributed by atoms with Gasteiger partial charge in [0.1, 0.15) is 5.01 Å². The molecule has 1 aliphatic rings. The number of sulfonamides is 1. The number of piperidine rings is 1. The zero-order valence-electron chi connectivity index (χ0n) is 12.4. The van der Waals surface area contributed by atoms with Crippen LogP contribution in [0.1, 0.15) is 18.5 Å². The molecule has 1 aliphatic heterocycles. The Balaban J connectivity index is 1.94. The van der Waals surface area contributed by atoms with Gasteiger partial charge in [0.25, 0.3) is 0 Å². The molecular formula is C15H19N3O2S2. The molecule has 0 saturated carbocycles. The zero-order valence-corrected chi connectivity index (χ0v) is 14.0. The Hall–Kier alpha value is -1.28. The average molecular weight is 337 g/mol. The Bertz CT molecular complexity index is 771. The molecule has 0 radical (unpaired) electrons. The Labute approximate surface area is 134 Å². The van der Waals surface area contributed by atoms with E-state index in [0.717, 1.165) is 29.1 Å². The molecular weight excluding hydrogens is 318 g/mol. The quantitative estimate of drug-likeness (QED) is 0.932. The van der Waals surface area contributed by atoms with Gasteiger partial charge in [-0.3, -0.25) is 0 Å². The summed E-state index contributed by atoms with van der Waals surface area (Å²) >= 11 is 1.52. The number of aromatic nitrogens is 1. The molecule has 2 N–H and O–H groups in total. The van der Waals surface area contributed by atoms with E-state index >= 15 is 0 Å². The van der Waals surface area contributed by atoms with Crippen LogP contribution in [-0.4, -0.2) is 36.8 Å². The van der Waals surface area contributed by atoms with Crippen molar-refractivity contribution in [3.8, 4) is 10.6 Å². The molecule has 1 aromatic heterocycles. The van der Waals surface area contributed by atoms with Crippen molar-refractivity contribution < 1.29 is 8.42 Å². The minimum atomic E-state index is -3.49. The van der Waals surface area contributed by atoms with Gasteiger partial charge >= 0.3 is 0 Å². The van der Waals surface area contributed by atoms with Gasteiger partial charge in [0.15, 0.2) is 0 Å². The number of hydrogen-bond acceptors (Lipinski definition) is 5. The lowest BCUT2D eigenvalue weighted by atomic mass is 10.1. The number of nitrogens with two attached hydrogens (primary N) is 1. The summed E-state index contributed by atoms with van der Waals surface area (Å²) in [6.45, 7) is 2.86. The van der Waals surface area contributed by atoms with Crippen molar-refractivity contribution in [1.29, 1.82) is 0 Å². The predicted octanol–water partition coefficient (Wildman–Crippen LogP) is 2.23. The summed E-state index contributed by atoms with van der Waals surface area (Å²) in [6.07, 6.45) is 1.69. The predicted molar refractivity (Wildman–Crippen MR) is 88.3 cm³/mol. The van der Waals surface area contributed by atoms with Crippen LogP contribution in [-0.2, 0) is 10.0 Å². The molecule has 0 spiro atoms. The maximum Gasteiger partial charge on any atom is 0.243 e. The van der Waals surface area contributed by atoms with Gasteiger partial charge in [0, 0.05) is 35.8 Å². The summed E-state index contributed by atoms with van der Waals surface area (Å²) in [7, 11) is -3.49. The highest BCUT2D eigenvalue weighted by molar-refractivity contribution is 7.89. The summed E-state index contributed by atoms with van der Waals surface area (Å²) in [4.78, 5) is 4.73. The normalized spacial score (nSPS) is 20.2. The van der Waals surface area contributed by atoms with Gasteiger partial charge in [-0.05, 0) is 31.9 Å². The molecule has 0 aliphatic carbocycles. The van der Waals surface area contributed by atoms with E-state index in [1.165, 1.54) is 15.6 Å². The fourth-order valence-electron chi connectivity index (χ4n) is 2.62. The Morgan fingerprint density at radius 2 is 2.23 bits per heavy atom. The summed E-state index contributed by atoms with van der Waals surface area (Å²) in [6, 6.07) is 6.92. The number of hydrogen-bond donors (Lipinski definition) is 1. The summed E-state index contributed by atoms with van der Waals surface area (Å²) < 4.78 is 27.0. The third kappa shape index (κ3) is 3.08. The average Bonchev–Trinajstić information content (AvgIpc) is 2.94. The van der Waals surface area contributed by atoms with Crippen LogP contribution in [0.2, 0.25) is 0 Å². The minimum absolute atomic E-state index is 0.0756. The van der Waals surface area contributed by atoms with Gasteiger partial charge in [-0.2, -0.15) is 4.31 Å². The lowest BCUT2D eigenvalue weighted by Gasteiger charge is -2.29. The van der Waals surface area contributed by atoms with Gasteiger partial charge in [-0.25, -0.2) is 13.4 Å². The van der Waals surface area contributed by atoms with Gasteiger partial charge < -0.3 is 5.73 Å². The van der Waals surface area contributed by atoms with Crippen molar-refractivity contribution in [3.63, 3.8) is 0 Å². The lowest BCUT2D eigenvalue weighted by molar-refractivity contribution is 0.316. The van der Waals surface area contributed by atoms with Crippen LogP contribution in [0.15, 0.2) is 34.5 Å². The van der Waals surface area contributed by atoms with Crippen LogP contribution in [0.5, 0.6) is 0 Å². The third-order valence-corrected chi connectivity index (χ3v) is 6.63. The first-order valence-corrected chi connectivity index (χ1v) is 9.57. The van der Waals surface area contributed by atoms with Gasteiger partial charge in [0.2, 0.25) is 10.0 Å². The first kappa shape index (κ1) is 15.6. The molecule has 7 heteroatoms. The second-order valence-corrected chi connectivity index (χ2v) is 8.38. The number of aryl methyl sites for hydroxylation is 1. The largest absolute Gasteiger partial charge is 0.327 e. The molecule has 118 valence electrons. The Kier molecular flexibility index (Phi) is 4.31. The maximum absolute atomic E-state index is 12.8. The smallest absolute Gasteiger partial charge is 0.243 e. The fraction of sp³-hybridized carbons (Fsp3) is 0.400. The van der Waals surface area contributed by atoms with Crippen molar-refractivity contribution in [2.75, 3.05) is 13.1 Å². The standard InChI is InChI=1S/C15H19N3O2S2/c1-11-10-21-15(17-11)12-4-2-6-14(8-12)22(19,20)18-7-3-5-13(16)9-18/h2,4,6,8,10,13H,3,5,7,9,16H2,1H3.